The van der Waals surface area contributed by atoms with Crippen LogP contribution in [0.4, 0.5) is 17.1 Å². The Balaban J connectivity index is 1.68. The Kier molecular flexibility index (Phi) is 3.95. The van der Waals surface area contributed by atoms with Crippen LogP contribution in [-0.4, -0.2) is 5.11 Å². The predicted molar refractivity (Wildman–Crippen MR) is 120 cm³/mol. The molecule has 142 valence electrons. The number of anilines is 3. The van der Waals surface area contributed by atoms with Crippen molar-refractivity contribution in [1.29, 1.82) is 0 Å². The van der Waals surface area contributed by atoms with E-state index >= 15 is 0 Å². The van der Waals surface area contributed by atoms with Crippen molar-refractivity contribution in [3.8, 4) is 16.9 Å². The zero-order chi connectivity index (χ0) is 20.0. The second-order valence-corrected chi connectivity index (χ2v) is 8.09. The second-order valence-electron chi connectivity index (χ2n) is 8.09. The summed E-state index contributed by atoms with van der Waals surface area (Å²) in [5, 5.41) is 10.2. The van der Waals surface area contributed by atoms with Gasteiger partial charge >= 0.3 is 0 Å². The number of fused-ring (bicyclic) bond motifs is 2. The van der Waals surface area contributed by atoms with Crippen LogP contribution in [0.25, 0.3) is 11.1 Å². The number of phenols is 1. The molecule has 4 aromatic carbocycles. The Morgan fingerprint density at radius 2 is 1.24 bits per heavy atom. The minimum Gasteiger partial charge on any atom is -0.508 e. The second kappa shape index (κ2) is 6.52. The summed E-state index contributed by atoms with van der Waals surface area (Å²) in [6, 6.07) is 33.4. The van der Waals surface area contributed by atoms with Gasteiger partial charge in [-0.2, -0.15) is 0 Å². The molecule has 0 unspecified atom stereocenters. The van der Waals surface area contributed by atoms with Crippen LogP contribution in [0.15, 0.2) is 97.1 Å². The van der Waals surface area contributed by atoms with Gasteiger partial charge in [0.1, 0.15) is 5.75 Å². The van der Waals surface area contributed by atoms with Gasteiger partial charge in [-0.25, -0.2) is 0 Å². The van der Waals surface area contributed by atoms with Crippen LogP contribution < -0.4 is 4.90 Å². The molecule has 0 aliphatic carbocycles. The van der Waals surface area contributed by atoms with Crippen molar-refractivity contribution in [3.05, 3.63) is 108 Å². The van der Waals surface area contributed by atoms with Crippen LogP contribution in [0.3, 0.4) is 0 Å². The van der Waals surface area contributed by atoms with Crippen LogP contribution in [0, 0.1) is 0 Å². The quantitative estimate of drug-likeness (QED) is 0.400. The first kappa shape index (κ1) is 17.6. The molecule has 0 atom stereocenters. The Morgan fingerprint density at radius 3 is 2.00 bits per heavy atom. The molecule has 1 aliphatic rings. The number of hydrogen-bond acceptors (Lipinski definition) is 2. The van der Waals surface area contributed by atoms with Crippen LogP contribution >= 0.6 is 0 Å². The molecular weight excluding hydrogens is 354 g/mol. The Morgan fingerprint density at radius 1 is 0.621 bits per heavy atom. The standard InChI is InChI=1S/C27H23NO/c1-27(2)23-10-6-7-11-25(23)28(26-17-16-22(29)18-24(26)27)21-14-12-20(13-15-21)19-8-4-3-5-9-19/h3-18,29H,1-2H3. The van der Waals surface area contributed by atoms with E-state index in [1.807, 2.05) is 18.2 Å². The first-order valence-corrected chi connectivity index (χ1v) is 9.94. The van der Waals surface area contributed by atoms with E-state index < -0.39 is 0 Å². The summed E-state index contributed by atoms with van der Waals surface area (Å²) < 4.78 is 0. The van der Waals surface area contributed by atoms with Crippen LogP contribution in [0.5, 0.6) is 5.75 Å². The molecule has 2 nitrogen and oxygen atoms in total. The lowest BCUT2D eigenvalue weighted by molar-refractivity contribution is 0.472. The molecule has 5 rings (SSSR count). The molecule has 1 N–H and O–H groups in total. The third-order valence-electron chi connectivity index (χ3n) is 5.95. The van der Waals surface area contributed by atoms with Crippen LogP contribution in [0.2, 0.25) is 0 Å². The van der Waals surface area contributed by atoms with Gasteiger partial charge in [-0.05, 0) is 58.7 Å². The van der Waals surface area contributed by atoms with E-state index in [1.54, 1.807) is 6.07 Å². The summed E-state index contributed by atoms with van der Waals surface area (Å²) >= 11 is 0. The highest BCUT2D eigenvalue weighted by Crippen LogP contribution is 2.52. The molecule has 0 amide bonds. The van der Waals surface area contributed by atoms with Gasteiger partial charge in [0, 0.05) is 11.1 Å². The van der Waals surface area contributed by atoms with Gasteiger partial charge in [0.05, 0.1) is 11.4 Å². The van der Waals surface area contributed by atoms with Crippen molar-refractivity contribution >= 4 is 17.1 Å². The summed E-state index contributed by atoms with van der Waals surface area (Å²) in [5.41, 5.74) is 8.01. The van der Waals surface area contributed by atoms with Crippen LogP contribution in [0.1, 0.15) is 25.0 Å². The Labute approximate surface area is 171 Å². The monoisotopic (exact) mass is 377 g/mol. The minimum atomic E-state index is -0.189. The van der Waals surface area contributed by atoms with Gasteiger partial charge in [0.15, 0.2) is 0 Å². The van der Waals surface area contributed by atoms with Gasteiger partial charge in [-0.3, -0.25) is 0 Å². The van der Waals surface area contributed by atoms with E-state index in [9.17, 15) is 5.11 Å². The molecule has 0 saturated carbocycles. The van der Waals surface area contributed by atoms with Gasteiger partial charge in [0.2, 0.25) is 0 Å². The summed E-state index contributed by atoms with van der Waals surface area (Å²) in [6.07, 6.45) is 0. The fourth-order valence-electron chi connectivity index (χ4n) is 4.40. The molecule has 0 bridgehead atoms. The van der Waals surface area contributed by atoms with Gasteiger partial charge in [-0.15, -0.1) is 0 Å². The highest BCUT2D eigenvalue weighted by Gasteiger charge is 2.36. The smallest absolute Gasteiger partial charge is 0.116 e. The maximum absolute atomic E-state index is 10.2. The van der Waals surface area contributed by atoms with Gasteiger partial charge in [-0.1, -0.05) is 74.5 Å². The SMILES string of the molecule is CC1(C)c2ccccc2N(c2ccc(-c3ccccc3)cc2)c2ccc(O)cc21. The lowest BCUT2D eigenvalue weighted by Crippen LogP contribution is -2.30. The molecule has 0 spiro atoms. The van der Waals surface area contributed by atoms with E-state index in [-0.39, 0.29) is 5.41 Å². The zero-order valence-electron chi connectivity index (χ0n) is 16.6. The van der Waals surface area contributed by atoms with Crippen molar-refractivity contribution in [2.75, 3.05) is 4.90 Å². The number of aromatic hydroxyl groups is 1. The van der Waals surface area contributed by atoms with Crippen molar-refractivity contribution in [2.45, 2.75) is 19.3 Å². The Hall–Kier alpha value is -3.52. The number of hydrogen-bond donors (Lipinski definition) is 1. The summed E-state index contributed by atoms with van der Waals surface area (Å²) in [6.45, 7) is 4.44. The number of rotatable bonds is 2. The first-order valence-electron chi connectivity index (χ1n) is 9.94. The van der Waals surface area contributed by atoms with Gasteiger partial charge < -0.3 is 10.0 Å². The van der Waals surface area contributed by atoms with Crippen molar-refractivity contribution in [2.24, 2.45) is 0 Å². The maximum Gasteiger partial charge on any atom is 0.116 e. The largest absolute Gasteiger partial charge is 0.508 e. The lowest BCUT2D eigenvalue weighted by atomic mass is 9.73. The topological polar surface area (TPSA) is 23.5 Å². The number of phenolic OH excluding ortho intramolecular Hbond substituents is 1. The molecule has 1 aliphatic heterocycles. The molecule has 0 saturated heterocycles. The summed E-state index contributed by atoms with van der Waals surface area (Å²) in [4.78, 5) is 2.30. The fraction of sp³-hybridized carbons (Fsp3) is 0.111. The molecular formula is C27H23NO. The van der Waals surface area contributed by atoms with Crippen molar-refractivity contribution in [3.63, 3.8) is 0 Å². The van der Waals surface area contributed by atoms with E-state index in [0.717, 1.165) is 16.9 Å². The number of nitrogens with zero attached hydrogens (tertiary/aromatic N) is 1. The van der Waals surface area contributed by atoms with E-state index in [2.05, 4.69) is 91.5 Å². The lowest BCUT2D eigenvalue weighted by Gasteiger charge is -2.42. The fourth-order valence-corrected chi connectivity index (χ4v) is 4.40. The maximum atomic E-state index is 10.2. The summed E-state index contributed by atoms with van der Waals surface area (Å²) in [7, 11) is 0. The molecule has 2 heteroatoms. The third-order valence-corrected chi connectivity index (χ3v) is 5.95. The first-order chi connectivity index (χ1) is 14.1. The van der Waals surface area contributed by atoms with E-state index in [1.165, 1.54) is 22.4 Å². The van der Waals surface area contributed by atoms with Crippen molar-refractivity contribution < 1.29 is 5.11 Å². The molecule has 1 heterocycles. The average Bonchev–Trinajstić information content (AvgIpc) is 2.76. The number of para-hydroxylation sites is 1. The highest BCUT2D eigenvalue weighted by molar-refractivity contribution is 5.86. The van der Waals surface area contributed by atoms with Crippen LogP contribution in [-0.2, 0) is 5.41 Å². The zero-order valence-corrected chi connectivity index (χ0v) is 16.6. The van der Waals surface area contributed by atoms with Gasteiger partial charge in [0.25, 0.3) is 0 Å². The van der Waals surface area contributed by atoms with E-state index in [0.29, 0.717) is 5.75 Å². The Bertz CT molecular complexity index is 1180. The highest BCUT2D eigenvalue weighted by atomic mass is 16.3. The molecule has 0 radical (unpaired) electrons. The summed E-state index contributed by atoms with van der Waals surface area (Å²) in [5.74, 6) is 0.301. The minimum absolute atomic E-state index is 0.189. The number of benzene rings is 4. The molecule has 4 aromatic rings. The predicted octanol–water partition coefficient (Wildman–Crippen LogP) is 7.17. The molecule has 0 aromatic heterocycles. The van der Waals surface area contributed by atoms with Crippen molar-refractivity contribution in [1.82, 2.24) is 0 Å². The molecule has 0 fully saturated rings. The average molecular weight is 377 g/mol. The third kappa shape index (κ3) is 2.80. The molecule has 29 heavy (non-hydrogen) atoms. The van der Waals surface area contributed by atoms with E-state index in [4.69, 9.17) is 0 Å². The normalized spacial score (nSPS) is 14.2.